The minimum absolute atomic E-state index is 0.346. The third kappa shape index (κ3) is 3.44. The van der Waals surface area contributed by atoms with E-state index in [4.69, 9.17) is 4.74 Å². The topological polar surface area (TPSA) is 26.3 Å². The van der Waals surface area contributed by atoms with Crippen molar-refractivity contribution >= 4 is 16.7 Å². The third-order valence-corrected chi connectivity index (χ3v) is 6.01. The number of fused-ring (bicyclic) bond motifs is 1. The average Bonchev–Trinajstić information content (AvgIpc) is 2.66. The molecule has 0 aromatic heterocycles. The van der Waals surface area contributed by atoms with Crippen LogP contribution in [0.2, 0.25) is 0 Å². The van der Waals surface area contributed by atoms with Gasteiger partial charge in [0.05, 0.1) is 0 Å². The predicted octanol–water partition coefficient (Wildman–Crippen LogP) is 6.52. The number of ether oxygens (including phenoxy) is 1. The summed E-state index contributed by atoms with van der Waals surface area (Å²) in [7, 11) is 0. The number of rotatable bonds is 4. The standard InChI is InChI=1S/C22H25F3O2/c1-3-20(2,22(23,24)25)19(26)27-21(14-7-4-8-15-21)18-13-9-11-16-10-5-6-12-17(16)18/h5-6,9-13H,3-4,7-8,14-15H2,1-2H3. The first-order valence-electron chi connectivity index (χ1n) is 9.52. The summed E-state index contributed by atoms with van der Waals surface area (Å²) in [5.74, 6) is -1.17. The van der Waals surface area contributed by atoms with Gasteiger partial charge in [-0.2, -0.15) is 13.2 Å². The first-order chi connectivity index (χ1) is 12.7. The van der Waals surface area contributed by atoms with Crippen molar-refractivity contribution in [3.63, 3.8) is 0 Å². The molecule has 1 saturated carbocycles. The van der Waals surface area contributed by atoms with Crippen LogP contribution in [0.4, 0.5) is 13.2 Å². The monoisotopic (exact) mass is 378 g/mol. The fourth-order valence-electron chi connectivity index (χ4n) is 3.92. The number of carbonyl (C=O) groups excluding carboxylic acids is 1. The fraction of sp³-hybridized carbons (Fsp3) is 0.500. The van der Waals surface area contributed by atoms with Crippen LogP contribution in [0.3, 0.4) is 0 Å². The molecule has 1 aliphatic rings. The Hall–Kier alpha value is -2.04. The van der Waals surface area contributed by atoms with Gasteiger partial charge in [0, 0.05) is 5.56 Å². The van der Waals surface area contributed by atoms with Gasteiger partial charge < -0.3 is 4.74 Å². The second-order valence-corrected chi connectivity index (χ2v) is 7.65. The van der Waals surface area contributed by atoms with E-state index in [1.807, 2.05) is 42.5 Å². The van der Waals surface area contributed by atoms with Gasteiger partial charge in [-0.1, -0.05) is 55.8 Å². The van der Waals surface area contributed by atoms with Crippen LogP contribution in [0, 0.1) is 5.41 Å². The Kier molecular flexibility index (Phi) is 5.24. The van der Waals surface area contributed by atoms with Gasteiger partial charge >= 0.3 is 12.1 Å². The quantitative estimate of drug-likeness (QED) is 0.566. The summed E-state index contributed by atoms with van der Waals surface area (Å²) in [4.78, 5) is 12.8. The SMILES string of the molecule is CCC(C)(C(=O)OC1(c2cccc3ccccc23)CCCCC1)C(F)(F)F. The van der Waals surface area contributed by atoms with Gasteiger partial charge in [0.2, 0.25) is 0 Å². The van der Waals surface area contributed by atoms with Crippen LogP contribution < -0.4 is 0 Å². The number of halogens is 3. The van der Waals surface area contributed by atoms with E-state index in [0.29, 0.717) is 12.8 Å². The first-order valence-corrected chi connectivity index (χ1v) is 9.52. The highest BCUT2D eigenvalue weighted by Crippen LogP contribution is 2.48. The van der Waals surface area contributed by atoms with Crippen molar-refractivity contribution in [1.82, 2.24) is 0 Å². The summed E-state index contributed by atoms with van der Waals surface area (Å²) in [6.07, 6.45) is -1.26. The molecule has 2 nitrogen and oxygen atoms in total. The molecule has 1 aliphatic carbocycles. The summed E-state index contributed by atoms with van der Waals surface area (Å²) < 4.78 is 46.6. The van der Waals surface area contributed by atoms with E-state index in [1.54, 1.807) is 0 Å². The van der Waals surface area contributed by atoms with Crippen LogP contribution in [0.25, 0.3) is 10.8 Å². The summed E-state index contributed by atoms with van der Waals surface area (Å²) in [6, 6.07) is 13.5. The third-order valence-electron chi connectivity index (χ3n) is 6.01. The summed E-state index contributed by atoms with van der Waals surface area (Å²) >= 11 is 0. The Morgan fingerprint density at radius 1 is 1.04 bits per heavy atom. The summed E-state index contributed by atoms with van der Waals surface area (Å²) in [5, 5.41) is 1.92. The molecule has 1 fully saturated rings. The van der Waals surface area contributed by atoms with Gasteiger partial charge in [0.1, 0.15) is 5.60 Å². The molecular formula is C22H25F3O2. The highest BCUT2D eigenvalue weighted by Gasteiger charge is 2.58. The molecule has 5 heteroatoms. The average molecular weight is 378 g/mol. The van der Waals surface area contributed by atoms with Crippen molar-refractivity contribution in [3.05, 3.63) is 48.0 Å². The van der Waals surface area contributed by atoms with Crippen molar-refractivity contribution < 1.29 is 22.7 Å². The lowest BCUT2D eigenvalue weighted by molar-refractivity contribution is -0.240. The number of esters is 1. The zero-order valence-corrected chi connectivity index (χ0v) is 15.7. The van der Waals surface area contributed by atoms with Gasteiger partial charge in [0.25, 0.3) is 0 Å². The number of hydrogen-bond donors (Lipinski definition) is 0. The molecule has 1 atom stereocenters. The van der Waals surface area contributed by atoms with E-state index >= 15 is 0 Å². The molecule has 0 bridgehead atoms. The fourth-order valence-corrected chi connectivity index (χ4v) is 3.92. The first kappa shape index (κ1) is 19.7. The van der Waals surface area contributed by atoms with Crippen LogP contribution in [0.5, 0.6) is 0 Å². The second kappa shape index (κ2) is 7.17. The lowest BCUT2D eigenvalue weighted by Gasteiger charge is -2.41. The number of hydrogen-bond acceptors (Lipinski definition) is 2. The van der Waals surface area contributed by atoms with Crippen LogP contribution >= 0.6 is 0 Å². The Morgan fingerprint density at radius 2 is 1.67 bits per heavy atom. The lowest BCUT2D eigenvalue weighted by atomic mass is 9.77. The molecular weight excluding hydrogens is 353 g/mol. The van der Waals surface area contributed by atoms with E-state index in [-0.39, 0.29) is 6.42 Å². The highest BCUT2D eigenvalue weighted by molar-refractivity contribution is 5.87. The van der Waals surface area contributed by atoms with E-state index in [0.717, 1.165) is 42.5 Å². The van der Waals surface area contributed by atoms with Crippen LogP contribution in [-0.4, -0.2) is 12.1 Å². The lowest BCUT2D eigenvalue weighted by Crippen LogP contribution is -2.47. The van der Waals surface area contributed by atoms with Crippen molar-refractivity contribution in [2.45, 2.75) is 64.1 Å². The summed E-state index contributed by atoms with van der Waals surface area (Å²) in [5.41, 5.74) is -2.69. The van der Waals surface area contributed by atoms with E-state index in [2.05, 4.69) is 0 Å². The van der Waals surface area contributed by atoms with Crippen LogP contribution in [-0.2, 0) is 15.1 Å². The number of benzene rings is 2. The van der Waals surface area contributed by atoms with E-state index < -0.39 is 23.2 Å². The maximum absolute atomic E-state index is 13.6. The van der Waals surface area contributed by atoms with Gasteiger partial charge in [-0.25, -0.2) is 0 Å². The molecule has 146 valence electrons. The molecule has 2 aromatic rings. The largest absolute Gasteiger partial charge is 0.453 e. The Labute approximate surface area is 157 Å². The number of alkyl halides is 3. The Morgan fingerprint density at radius 3 is 2.30 bits per heavy atom. The molecule has 2 aromatic carbocycles. The van der Waals surface area contributed by atoms with Gasteiger partial charge in [-0.3, -0.25) is 4.79 Å². The molecule has 27 heavy (non-hydrogen) atoms. The zero-order valence-electron chi connectivity index (χ0n) is 15.7. The molecule has 0 saturated heterocycles. The van der Waals surface area contributed by atoms with Crippen molar-refractivity contribution in [2.75, 3.05) is 0 Å². The van der Waals surface area contributed by atoms with Gasteiger partial charge in [-0.05, 0) is 49.8 Å². The predicted molar refractivity (Wildman–Crippen MR) is 99.3 cm³/mol. The van der Waals surface area contributed by atoms with Crippen molar-refractivity contribution in [3.8, 4) is 0 Å². The smallest absolute Gasteiger partial charge is 0.404 e. The van der Waals surface area contributed by atoms with Crippen LogP contribution in [0.1, 0.15) is 57.9 Å². The molecule has 3 rings (SSSR count). The Bertz CT molecular complexity index is 816. The molecule has 0 aliphatic heterocycles. The molecule has 0 amide bonds. The van der Waals surface area contributed by atoms with Crippen LogP contribution in [0.15, 0.2) is 42.5 Å². The highest BCUT2D eigenvalue weighted by atomic mass is 19.4. The minimum atomic E-state index is -4.65. The maximum atomic E-state index is 13.6. The molecule has 0 radical (unpaired) electrons. The molecule has 0 N–H and O–H groups in total. The van der Waals surface area contributed by atoms with E-state index in [1.165, 1.54) is 6.92 Å². The van der Waals surface area contributed by atoms with Gasteiger partial charge in [-0.15, -0.1) is 0 Å². The molecule has 1 unspecified atom stereocenters. The maximum Gasteiger partial charge on any atom is 0.404 e. The van der Waals surface area contributed by atoms with Crippen molar-refractivity contribution in [2.24, 2.45) is 5.41 Å². The van der Waals surface area contributed by atoms with Crippen molar-refractivity contribution in [1.29, 1.82) is 0 Å². The minimum Gasteiger partial charge on any atom is -0.453 e. The second-order valence-electron chi connectivity index (χ2n) is 7.65. The van der Waals surface area contributed by atoms with E-state index in [9.17, 15) is 18.0 Å². The zero-order chi connectivity index (χ0) is 19.7. The van der Waals surface area contributed by atoms with Gasteiger partial charge in [0.15, 0.2) is 5.41 Å². The summed E-state index contributed by atoms with van der Waals surface area (Å²) in [6.45, 7) is 2.31. The number of carbonyl (C=O) groups is 1. The Balaban J connectivity index is 2.07. The molecule has 0 spiro atoms. The normalized spacial score (nSPS) is 19.4. The molecule has 0 heterocycles.